The monoisotopic (exact) mass is 257 g/mol. The van der Waals surface area contributed by atoms with Crippen LogP contribution in [0.25, 0.3) is 0 Å². The Kier molecular flexibility index (Phi) is 5.11. The van der Waals surface area contributed by atoms with Gasteiger partial charge >= 0.3 is 5.97 Å². The molecule has 0 fully saturated rings. The van der Waals surface area contributed by atoms with Crippen molar-refractivity contribution in [3.05, 3.63) is 23.8 Å². The first-order chi connectivity index (χ1) is 8.06. The number of benzene rings is 1. The van der Waals surface area contributed by atoms with Crippen LogP contribution in [0.5, 0.6) is 11.5 Å². The first-order valence-electron chi connectivity index (χ1n) is 5.13. The summed E-state index contributed by atoms with van der Waals surface area (Å²) < 4.78 is 0. The minimum Gasteiger partial charge on any atom is -0.508 e. The lowest BCUT2D eigenvalue weighted by molar-refractivity contribution is -0.138. The number of phenols is 2. The number of carboxylic acid groups (broad SMARTS) is 1. The van der Waals surface area contributed by atoms with Gasteiger partial charge in [0.2, 0.25) is 0 Å². The highest BCUT2D eigenvalue weighted by atomic mass is 32.1. The summed E-state index contributed by atoms with van der Waals surface area (Å²) in [6.45, 7) is 0.336. The number of aliphatic carboxylic acids is 1. The topological polar surface area (TPSA) is 89.8 Å². The van der Waals surface area contributed by atoms with Crippen molar-refractivity contribution in [1.82, 2.24) is 5.32 Å². The van der Waals surface area contributed by atoms with Crippen molar-refractivity contribution in [2.24, 2.45) is 0 Å². The van der Waals surface area contributed by atoms with Gasteiger partial charge in [0.1, 0.15) is 17.5 Å². The minimum absolute atomic E-state index is 0.00421. The maximum atomic E-state index is 10.7. The molecular weight excluding hydrogens is 242 g/mol. The highest BCUT2D eigenvalue weighted by Crippen LogP contribution is 2.26. The van der Waals surface area contributed by atoms with Gasteiger partial charge < -0.3 is 20.6 Å². The van der Waals surface area contributed by atoms with Crippen molar-refractivity contribution >= 4 is 18.6 Å². The van der Waals surface area contributed by atoms with Crippen LogP contribution in [-0.4, -0.2) is 39.6 Å². The molecule has 0 amide bonds. The van der Waals surface area contributed by atoms with Gasteiger partial charge in [-0.25, -0.2) is 0 Å². The zero-order valence-corrected chi connectivity index (χ0v) is 10.0. The average molecular weight is 257 g/mol. The lowest BCUT2D eigenvalue weighted by Crippen LogP contribution is -2.39. The SMILES string of the molecule is O=C(O)[C@H](CS)NCCc1c(O)cccc1O. The van der Waals surface area contributed by atoms with Crippen molar-refractivity contribution in [1.29, 1.82) is 0 Å². The first kappa shape index (κ1) is 13.7. The lowest BCUT2D eigenvalue weighted by atomic mass is 10.1. The van der Waals surface area contributed by atoms with E-state index in [1.165, 1.54) is 18.2 Å². The van der Waals surface area contributed by atoms with E-state index in [1.54, 1.807) is 0 Å². The Labute approximate surface area is 105 Å². The minimum atomic E-state index is -0.971. The lowest BCUT2D eigenvalue weighted by Gasteiger charge is -2.12. The smallest absolute Gasteiger partial charge is 0.321 e. The van der Waals surface area contributed by atoms with Gasteiger partial charge in [0.25, 0.3) is 0 Å². The van der Waals surface area contributed by atoms with Crippen LogP contribution in [-0.2, 0) is 11.2 Å². The third kappa shape index (κ3) is 3.83. The summed E-state index contributed by atoms with van der Waals surface area (Å²) in [5.41, 5.74) is 0.406. The normalized spacial score (nSPS) is 12.3. The van der Waals surface area contributed by atoms with Crippen molar-refractivity contribution < 1.29 is 20.1 Å². The highest BCUT2D eigenvalue weighted by molar-refractivity contribution is 7.80. The van der Waals surface area contributed by atoms with Crippen LogP contribution in [0.2, 0.25) is 0 Å². The van der Waals surface area contributed by atoms with Gasteiger partial charge in [-0.2, -0.15) is 12.6 Å². The number of phenolic OH excluding ortho intramolecular Hbond substituents is 2. The Morgan fingerprint density at radius 3 is 2.41 bits per heavy atom. The van der Waals surface area contributed by atoms with Gasteiger partial charge in [0.15, 0.2) is 0 Å². The molecule has 0 bridgehead atoms. The fourth-order valence-electron chi connectivity index (χ4n) is 1.42. The van der Waals surface area contributed by atoms with Gasteiger partial charge in [-0.3, -0.25) is 4.79 Å². The fourth-order valence-corrected chi connectivity index (χ4v) is 1.71. The van der Waals surface area contributed by atoms with E-state index in [1.807, 2.05) is 0 Å². The summed E-state index contributed by atoms with van der Waals surface area (Å²) in [6, 6.07) is 3.76. The fraction of sp³-hybridized carbons (Fsp3) is 0.364. The van der Waals surface area contributed by atoms with Crippen LogP contribution in [0.3, 0.4) is 0 Å². The van der Waals surface area contributed by atoms with Crippen LogP contribution >= 0.6 is 12.6 Å². The molecule has 0 aliphatic carbocycles. The van der Waals surface area contributed by atoms with Crippen LogP contribution in [0.15, 0.2) is 18.2 Å². The van der Waals surface area contributed by atoms with Gasteiger partial charge in [0.05, 0.1) is 0 Å². The summed E-state index contributed by atoms with van der Waals surface area (Å²) in [5.74, 6) is -0.780. The molecule has 94 valence electrons. The van der Waals surface area contributed by atoms with Gasteiger partial charge in [0, 0.05) is 17.9 Å². The number of hydrogen-bond donors (Lipinski definition) is 5. The van der Waals surface area contributed by atoms with Gasteiger partial charge in [-0.15, -0.1) is 0 Å². The second-order valence-corrected chi connectivity index (χ2v) is 3.92. The Morgan fingerprint density at radius 2 is 1.94 bits per heavy atom. The molecule has 0 unspecified atom stereocenters. The molecule has 0 aromatic heterocycles. The molecule has 1 aromatic rings. The molecule has 0 saturated carbocycles. The van der Waals surface area contributed by atoms with E-state index in [9.17, 15) is 15.0 Å². The van der Waals surface area contributed by atoms with E-state index in [0.29, 0.717) is 18.5 Å². The molecule has 0 aliphatic rings. The molecule has 0 saturated heterocycles. The molecule has 1 rings (SSSR count). The van der Waals surface area contributed by atoms with Gasteiger partial charge in [-0.1, -0.05) is 6.07 Å². The number of aromatic hydroxyl groups is 2. The molecular formula is C11H15NO4S. The highest BCUT2D eigenvalue weighted by Gasteiger charge is 2.14. The van der Waals surface area contributed by atoms with Crippen LogP contribution in [0.4, 0.5) is 0 Å². The molecule has 0 aliphatic heterocycles. The molecule has 6 heteroatoms. The van der Waals surface area contributed by atoms with Gasteiger partial charge in [-0.05, 0) is 18.6 Å². The second kappa shape index (κ2) is 6.36. The Balaban J connectivity index is 2.54. The molecule has 1 atom stereocenters. The quantitative estimate of drug-likeness (QED) is 0.482. The Hall–Kier alpha value is -1.40. The second-order valence-electron chi connectivity index (χ2n) is 3.55. The maximum Gasteiger partial charge on any atom is 0.321 e. The van der Waals surface area contributed by atoms with Crippen molar-refractivity contribution in [2.75, 3.05) is 12.3 Å². The van der Waals surface area contributed by atoms with E-state index in [2.05, 4.69) is 17.9 Å². The van der Waals surface area contributed by atoms with Crippen LogP contribution in [0.1, 0.15) is 5.56 Å². The van der Waals surface area contributed by atoms with Crippen molar-refractivity contribution in [3.8, 4) is 11.5 Å². The number of thiol groups is 1. The molecule has 17 heavy (non-hydrogen) atoms. The maximum absolute atomic E-state index is 10.7. The molecule has 1 aromatic carbocycles. The van der Waals surface area contributed by atoms with E-state index in [0.717, 1.165) is 0 Å². The summed E-state index contributed by atoms with van der Waals surface area (Å²) in [7, 11) is 0. The number of carboxylic acids is 1. The third-order valence-corrected chi connectivity index (χ3v) is 2.74. The largest absolute Gasteiger partial charge is 0.508 e. The Morgan fingerprint density at radius 1 is 1.35 bits per heavy atom. The summed E-state index contributed by atoms with van der Waals surface area (Å²) in [4.78, 5) is 10.7. The standard InChI is InChI=1S/C11H15NO4S/c13-9-2-1-3-10(14)7(9)4-5-12-8(6-17)11(15)16/h1-3,8,12-14,17H,4-6H2,(H,15,16)/t8-/m0/s1. The van der Waals surface area contributed by atoms with E-state index >= 15 is 0 Å². The molecule has 4 N–H and O–H groups in total. The average Bonchev–Trinajstić information content (AvgIpc) is 2.27. The first-order valence-corrected chi connectivity index (χ1v) is 5.76. The molecule has 5 nitrogen and oxygen atoms in total. The zero-order chi connectivity index (χ0) is 12.8. The zero-order valence-electron chi connectivity index (χ0n) is 9.13. The Bertz CT molecular complexity index is 377. The number of rotatable bonds is 6. The van der Waals surface area contributed by atoms with Crippen LogP contribution < -0.4 is 5.32 Å². The molecule has 0 spiro atoms. The van der Waals surface area contributed by atoms with E-state index < -0.39 is 12.0 Å². The van der Waals surface area contributed by atoms with Crippen LogP contribution in [0, 0.1) is 0 Å². The number of nitrogens with one attached hydrogen (secondary N) is 1. The summed E-state index contributed by atoms with van der Waals surface area (Å²) in [5, 5.41) is 30.6. The summed E-state index contributed by atoms with van der Waals surface area (Å²) in [6.07, 6.45) is 0.343. The van der Waals surface area contributed by atoms with E-state index in [4.69, 9.17) is 5.11 Å². The number of hydrogen-bond acceptors (Lipinski definition) is 5. The van der Waals surface area contributed by atoms with Crippen molar-refractivity contribution in [3.63, 3.8) is 0 Å². The third-order valence-electron chi connectivity index (χ3n) is 2.37. The predicted octanol–water partition coefficient (Wildman–Crippen LogP) is 0.613. The predicted molar refractivity (Wildman–Crippen MR) is 66.8 cm³/mol. The van der Waals surface area contributed by atoms with E-state index in [-0.39, 0.29) is 17.3 Å². The molecule has 0 radical (unpaired) electrons. The van der Waals surface area contributed by atoms with Crippen molar-refractivity contribution in [2.45, 2.75) is 12.5 Å². The molecule has 0 heterocycles. The summed E-state index contributed by atoms with van der Waals surface area (Å²) >= 11 is 3.91. The number of carbonyl (C=O) groups is 1.